The van der Waals surface area contributed by atoms with Gasteiger partial charge in [0.15, 0.2) is 0 Å². The molecule has 7 heteroatoms. The fraction of sp³-hybridized carbons (Fsp3) is 0.324. The molecular weight excluding hydrogens is 516 g/mol. The Morgan fingerprint density at radius 3 is 2.10 bits per heavy atom. The molecule has 41 heavy (non-hydrogen) atoms. The maximum atomic E-state index is 13.5. The van der Waals surface area contributed by atoms with E-state index < -0.39 is 18.1 Å². The van der Waals surface area contributed by atoms with Crippen LogP contribution in [0.25, 0.3) is 16.7 Å². The number of nitrogens with zero attached hydrogens (tertiary/aromatic N) is 1. The molecule has 2 amide bonds. The highest BCUT2D eigenvalue weighted by Crippen LogP contribution is 2.44. The molecule has 0 radical (unpaired) electrons. The maximum Gasteiger partial charge on any atom is 0.407 e. The number of carboxylic acid groups (broad SMARTS) is 1. The third kappa shape index (κ3) is 6.68. The van der Waals surface area contributed by atoms with Crippen molar-refractivity contribution in [1.82, 2.24) is 10.2 Å². The van der Waals surface area contributed by atoms with E-state index in [4.69, 9.17) is 9.84 Å². The fourth-order valence-electron chi connectivity index (χ4n) is 5.83. The van der Waals surface area contributed by atoms with Crippen LogP contribution in [0.3, 0.4) is 0 Å². The summed E-state index contributed by atoms with van der Waals surface area (Å²) in [6.45, 7) is 5.55. The normalized spacial score (nSPS) is 15.0. The molecule has 0 unspecified atom stereocenters. The molecule has 212 valence electrons. The van der Waals surface area contributed by atoms with E-state index in [0.717, 1.165) is 58.2 Å². The van der Waals surface area contributed by atoms with E-state index in [2.05, 4.69) is 36.2 Å². The van der Waals surface area contributed by atoms with Crippen molar-refractivity contribution in [3.63, 3.8) is 0 Å². The monoisotopic (exact) mass is 552 g/mol. The van der Waals surface area contributed by atoms with E-state index in [-0.39, 0.29) is 24.9 Å². The van der Waals surface area contributed by atoms with Crippen molar-refractivity contribution in [3.8, 4) is 11.1 Å². The first-order valence-electron chi connectivity index (χ1n) is 14.3. The van der Waals surface area contributed by atoms with Crippen LogP contribution in [0.1, 0.15) is 60.3 Å². The van der Waals surface area contributed by atoms with Crippen molar-refractivity contribution < 1.29 is 24.2 Å². The van der Waals surface area contributed by atoms with Crippen LogP contribution in [0, 0.1) is 0 Å². The van der Waals surface area contributed by atoms with Crippen molar-refractivity contribution in [2.75, 3.05) is 19.7 Å². The zero-order chi connectivity index (χ0) is 28.8. The lowest BCUT2D eigenvalue weighted by atomic mass is 9.98. The van der Waals surface area contributed by atoms with Gasteiger partial charge in [0.1, 0.15) is 12.6 Å². The number of aliphatic carboxylic acids is 1. The number of amides is 2. The van der Waals surface area contributed by atoms with Gasteiger partial charge in [-0.05, 0) is 64.6 Å². The van der Waals surface area contributed by atoms with E-state index in [1.165, 1.54) is 0 Å². The second-order valence-electron chi connectivity index (χ2n) is 10.8. The maximum absolute atomic E-state index is 13.5. The van der Waals surface area contributed by atoms with Crippen LogP contribution in [0.5, 0.6) is 0 Å². The van der Waals surface area contributed by atoms with Crippen LogP contribution in [0.4, 0.5) is 4.79 Å². The number of piperidine rings is 1. The van der Waals surface area contributed by atoms with Crippen LogP contribution in [-0.4, -0.2) is 53.7 Å². The zero-order valence-electron chi connectivity index (χ0n) is 23.2. The summed E-state index contributed by atoms with van der Waals surface area (Å²) in [5.74, 6) is -1.03. The first kappa shape index (κ1) is 28.1. The summed E-state index contributed by atoms with van der Waals surface area (Å²) in [4.78, 5) is 39.4. The van der Waals surface area contributed by atoms with Crippen LogP contribution < -0.4 is 5.32 Å². The van der Waals surface area contributed by atoms with Gasteiger partial charge in [-0.2, -0.15) is 0 Å². The summed E-state index contributed by atoms with van der Waals surface area (Å²) < 4.78 is 5.76. The largest absolute Gasteiger partial charge is 0.481 e. The lowest BCUT2D eigenvalue weighted by Crippen LogP contribution is -2.51. The van der Waals surface area contributed by atoms with Gasteiger partial charge < -0.3 is 20.1 Å². The van der Waals surface area contributed by atoms with Crippen molar-refractivity contribution in [1.29, 1.82) is 0 Å². The molecule has 0 saturated carbocycles. The highest BCUT2D eigenvalue weighted by molar-refractivity contribution is 5.86. The topological polar surface area (TPSA) is 95.9 Å². The first-order chi connectivity index (χ1) is 19.9. The van der Waals surface area contributed by atoms with Crippen LogP contribution in [-0.2, 0) is 20.7 Å². The molecule has 1 fully saturated rings. The number of benzene rings is 3. The van der Waals surface area contributed by atoms with E-state index >= 15 is 0 Å². The SMILES string of the molecule is C=C(CCC(=O)O)c1ccc(C[C@H](NC(=O)OCC2c3ccccc3-c3ccccc32)C(=O)N2CCCCC2)cc1. The number of alkyl carbamates (subject to hydrolysis) is 1. The van der Waals surface area contributed by atoms with Gasteiger partial charge in [-0.1, -0.05) is 79.4 Å². The van der Waals surface area contributed by atoms with Crippen LogP contribution in [0.15, 0.2) is 79.4 Å². The van der Waals surface area contributed by atoms with E-state index in [9.17, 15) is 14.4 Å². The second-order valence-corrected chi connectivity index (χ2v) is 10.8. The Bertz CT molecular complexity index is 1380. The van der Waals surface area contributed by atoms with E-state index in [1.54, 1.807) is 0 Å². The molecule has 2 aliphatic rings. The number of ether oxygens (including phenoxy) is 1. The van der Waals surface area contributed by atoms with E-state index in [0.29, 0.717) is 25.9 Å². The van der Waals surface area contributed by atoms with Gasteiger partial charge >= 0.3 is 12.1 Å². The van der Waals surface area contributed by atoms with Crippen molar-refractivity contribution in [2.24, 2.45) is 0 Å². The molecule has 1 atom stereocenters. The molecule has 1 heterocycles. The number of carbonyl (C=O) groups excluding carboxylic acids is 2. The third-order valence-electron chi connectivity index (χ3n) is 8.04. The Hall–Kier alpha value is -4.39. The Kier molecular flexibility index (Phi) is 8.82. The number of likely N-dealkylation sites (tertiary alicyclic amines) is 1. The number of nitrogens with one attached hydrogen (secondary N) is 1. The minimum atomic E-state index is -0.860. The predicted molar refractivity (Wildman–Crippen MR) is 158 cm³/mol. The number of rotatable bonds is 10. The quantitative estimate of drug-likeness (QED) is 0.320. The molecule has 3 aromatic carbocycles. The lowest BCUT2D eigenvalue weighted by Gasteiger charge is -2.30. The predicted octanol–water partition coefficient (Wildman–Crippen LogP) is 6.03. The lowest BCUT2D eigenvalue weighted by molar-refractivity contribution is -0.137. The average Bonchev–Trinajstić information content (AvgIpc) is 3.32. The van der Waals surface area contributed by atoms with Crippen LogP contribution in [0.2, 0.25) is 0 Å². The molecule has 5 rings (SSSR count). The van der Waals surface area contributed by atoms with Gasteiger partial charge in [-0.3, -0.25) is 9.59 Å². The van der Waals surface area contributed by atoms with Crippen LogP contribution >= 0.6 is 0 Å². The molecule has 1 saturated heterocycles. The summed E-state index contributed by atoms with van der Waals surface area (Å²) >= 11 is 0. The molecule has 0 aromatic heterocycles. The Morgan fingerprint density at radius 1 is 0.878 bits per heavy atom. The molecular formula is C34H36N2O5. The van der Waals surface area contributed by atoms with Gasteiger partial charge in [-0.15, -0.1) is 0 Å². The Morgan fingerprint density at radius 2 is 1.49 bits per heavy atom. The molecule has 3 aromatic rings. The van der Waals surface area contributed by atoms with Crippen molar-refractivity contribution >= 4 is 23.5 Å². The molecule has 1 aliphatic heterocycles. The summed E-state index contributed by atoms with van der Waals surface area (Å²) in [5.41, 5.74) is 7.07. The molecule has 7 nitrogen and oxygen atoms in total. The van der Waals surface area contributed by atoms with Gasteiger partial charge in [0.25, 0.3) is 0 Å². The molecule has 1 aliphatic carbocycles. The number of fused-ring (bicyclic) bond motifs is 3. The highest BCUT2D eigenvalue weighted by Gasteiger charge is 2.31. The number of hydrogen-bond acceptors (Lipinski definition) is 4. The second kappa shape index (κ2) is 12.9. The fourth-order valence-corrected chi connectivity index (χ4v) is 5.83. The zero-order valence-corrected chi connectivity index (χ0v) is 23.2. The van der Waals surface area contributed by atoms with E-state index in [1.807, 2.05) is 53.4 Å². The van der Waals surface area contributed by atoms with Gasteiger partial charge in [0.05, 0.1) is 0 Å². The summed E-state index contributed by atoms with van der Waals surface area (Å²) in [6.07, 6.45) is 3.11. The summed E-state index contributed by atoms with van der Waals surface area (Å²) in [5, 5.41) is 11.8. The number of carbonyl (C=O) groups is 3. The van der Waals surface area contributed by atoms with Crippen molar-refractivity contribution in [3.05, 3.63) is 102 Å². The van der Waals surface area contributed by atoms with Gasteiger partial charge in [0.2, 0.25) is 5.91 Å². The molecule has 0 bridgehead atoms. The summed E-state index contributed by atoms with van der Waals surface area (Å²) in [7, 11) is 0. The number of carboxylic acids is 1. The minimum absolute atomic E-state index is 0.0249. The molecule has 2 N–H and O–H groups in total. The Balaban J connectivity index is 1.27. The highest BCUT2D eigenvalue weighted by atomic mass is 16.5. The minimum Gasteiger partial charge on any atom is -0.481 e. The smallest absolute Gasteiger partial charge is 0.407 e. The Labute approximate surface area is 240 Å². The number of allylic oxidation sites excluding steroid dienone is 1. The average molecular weight is 553 g/mol. The third-order valence-corrected chi connectivity index (χ3v) is 8.04. The standard InChI is InChI=1S/C34H36N2O5/c1-23(13-18-32(37)38)25-16-14-24(15-17-25)21-31(33(39)36-19-7-2-8-20-36)35-34(40)41-22-30-28-11-5-3-9-26(28)27-10-4-6-12-29(27)30/h3-6,9-12,14-17,30-31H,1-2,7-8,13,18-22H2,(H,35,40)(H,37,38)/t31-/m0/s1. The molecule has 0 spiro atoms. The number of hydrogen-bond donors (Lipinski definition) is 2. The van der Waals surface area contributed by atoms with Crippen molar-refractivity contribution in [2.45, 2.75) is 50.5 Å². The van der Waals surface area contributed by atoms with Gasteiger partial charge in [0, 0.05) is 31.8 Å². The van der Waals surface area contributed by atoms with Gasteiger partial charge in [-0.25, -0.2) is 4.79 Å². The first-order valence-corrected chi connectivity index (χ1v) is 14.3. The summed E-state index contributed by atoms with van der Waals surface area (Å²) in [6, 6.07) is 23.2.